The summed E-state index contributed by atoms with van der Waals surface area (Å²) in [6.07, 6.45) is 0.00147. The van der Waals surface area contributed by atoms with Crippen LogP contribution in [0.5, 0.6) is 0 Å². The molecule has 1 aromatic heterocycles. The van der Waals surface area contributed by atoms with E-state index in [4.69, 9.17) is 11.6 Å². The molecule has 1 atom stereocenters. The first-order valence-electron chi connectivity index (χ1n) is 5.67. The van der Waals surface area contributed by atoms with Crippen LogP contribution in [0, 0.1) is 5.41 Å². The Morgan fingerprint density at radius 2 is 2.17 bits per heavy atom. The van der Waals surface area contributed by atoms with Gasteiger partial charge in [0.1, 0.15) is 4.21 Å². The fourth-order valence-electron chi connectivity index (χ4n) is 2.06. The highest BCUT2D eigenvalue weighted by atomic mass is 35.5. The number of piperidine rings is 1. The molecular formula is C11H16ClNO3S2. The van der Waals surface area contributed by atoms with Crippen LogP contribution in [-0.2, 0) is 10.0 Å². The molecule has 0 radical (unpaired) electrons. The summed E-state index contributed by atoms with van der Waals surface area (Å²) >= 11 is 6.84. The molecular weight excluding hydrogens is 294 g/mol. The summed E-state index contributed by atoms with van der Waals surface area (Å²) in [5, 5.41) is 9.86. The smallest absolute Gasteiger partial charge is 0.252 e. The number of hydrogen-bond donors (Lipinski definition) is 1. The Bertz CT molecular complexity index is 538. The van der Waals surface area contributed by atoms with Crippen LogP contribution in [0.1, 0.15) is 20.3 Å². The number of sulfonamides is 1. The van der Waals surface area contributed by atoms with E-state index in [1.54, 1.807) is 6.07 Å². The maximum absolute atomic E-state index is 12.4. The van der Waals surface area contributed by atoms with Crippen molar-refractivity contribution in [3.63, 3.8) is 0 Å². The van der Waals surface area contributed by atoms with Crippen molar-refractivity contribution in [2.45, 2.75) is 30.6 Å². The lowest BCUT2D eigenvalue weighted by Gasteiger charge is -2.40. The van der Waals surface area contributed by atoms with Gasteiger partial charge in [-0.3, -0.25) is 0 Å². The molecule has 1 unspecified atom stereocenters. The summed E-state index contributed by atoms with van der Waals surface area (Å²) in [6.45, 7) is 4.43. The van der Waals surface area contributed by atoms with Crippen molar-refractivity contribution in [1.82, 2.24) is 4.31 Å². The lowest BCUT2D eigenvalue weighted by Crippen LogP contribution is -2.50. The van der Waals surface area contributed by atoms with Gasteiger partial charge in [-0.2, -0.15) is 4.31 Å². The minimum Gasteiger partial charge on any atom is -0.392 e. The first-order valence-corrected chi connectivity index (χ1v) is 8.30. The lowest BCUT2D eigenvalue weighted by molar-refractivity contribution is -0.000264. The van der Waals surface area contributed by atoms with Crippen LogP contribution in [0.4, 0.5) is 0 Å². The van der Waals surface area contributed by atoms with E-state index in [0.29, 0.717) is 23.8 Å². The highest BCUT2D eigenvalue weighted by molar-refractivity contribution is 7.91. The Hall–Kier alpha value is -0.140. The average molecular weight is 310 g/mol. The van der Waals surface area contributed by atoms with Gasteiger partial charge in [0.25, 0.3) is 10.0 Å². The van der Waals surface area contributed by atoms with Crippen LogP contribution in [0.2, 0.25) is 4.34 Å². The zero-order valence-electron chi connectivity index (χ0n) is 10.3. The molecule has 0 amide bonds. The molecule has 7 heteroatoms. The molecule has 0 spiro atoms. The number of nitrogens with zero attached hydrogens (tertiary/aromatic N) is 1. The van der Waals surface area contributed by atoms with Gasteiger partial charge in [-0.15, -0.1) is 11.3 Å². The van der Waals surface area contributed by atoms with E-state index in [0.717, 1.165) is 11.3 Å². The van der Waals surface area contributed by atoms with Gasteiger partial charge in [0.15, 0.2) is 0 Å². The Morgan fingerprint density at radius 1 is 1.50 bits per heavy atom. The van der Waals surface area contributed by atoms with E-state index in [-0.39, 0.29) is 4.21 Å². The van der Waals surface area contributed by atoms with Crippen LogP contribution < -0.4 is 0 Å². The quantitative estimate of drug-likeness (QED) is 0.911. The van der Waals surface area contributed by atoms with Crippen molar-refractivity contribution in [1.29, 1.82) is 0 Å². The molecule has 1 aliphatic rings. The minimum absolute atomic E-state index is 0.264. The topological polar surface area (TPSA) is 57.6 Å². The zero-order chi connectivity index (χ0) is 13.6. The van der Waals surface area contributed by atoms with Gasteiger partial charge < -0.3 is 5.11 Å². The van der Waals surface area contributed by atoms with Crippen LogP contribution in [-0.4, -0.2) is 37.0 Å². The largest absolute Gasteiger partial charge is 0.392 e. The monoisotopic (exact) mass is 309 g/mol. The van der Waals surface area contributed by atoms with Crippen molar-refractivity contribution >= 4 is 33.0 Å². The third-order valence-corrected chi connectivity index (χ3v) is 6.82. The molecule has 102 valence electrons. The van der Waals surface area contributed by atoms with Crippen molar-refractivity contribution in [3.8, 4) is 0 Å². The molecule has 1 aromatic rings. The van der Waals surface area contributed by atoms with E-state index in [1.807, 2.05) is 13.8 Å². The predicted octanol–water partition coefficient (Wildman–Crippen LogP) is 2.18. The third kappa shape index (κ3) is 2.58. The second kappa shape index (κ2) is 4.76. The third-order valence-electron chi connectivity index (χ3n) is 3.28. The number of aliphatic hydroxyl groups excluding tert-OH is 1. The summed E-state index contributed by atoms with van der Waals surface area (Å²) in [7, 11) is -3.48. The Kier molecular flexibility index (Phi) is 3.77. The highest BCUT2D eigenvalue weighted by Gasteiger charge is 2.40. The summed E-state index contributed by atoms with van der Waals surface area (Å²) in [5.41, 5.74) is -0.424. The summed E-state index contributed by atoms with van der Waals surface area (Å²) in [4.78, 5) is 0. The van der Waals surface area contributed by atoms with Crippen LogP contribution in [0.25, 0.3) is 0 Å². The lowest BCUT2D eigenvalue weighted by atomic mass is 9.82. The molecule has 1 N–H and O–H groups in total. The van der Waals surface area contributed by atoms with Gasteiger partial charge in [0.2, 0.25) is 0 Å². The second-order valence-corrected chi connectivity index (χ2v) is 9.07. The molecule has 0 bridgehead atoms. The van der Waals surface area contributed by atoms with Gasteiger partial charge in [0.05, 0.1) is 10.4 Å². The fourth-order valence-corrected chi connectivity index (χ4v) is 5.33. The molecule has 0 aliphatic carbocycles. The fraction of sp³-hybridized carbons (Fsp3) is 0.636. The second-order valence-electron chi connectivity index (χ2n) is 5.19. The van der Waals surface area contributed by atoms with Crippen molar-refractivity contribution in [2.75, 3.05) is 13.1 Å². The van der Waals surface area contributed by atoms with Crippen LogP contribution in [0.15, 0.2) is 16.3 Å². The van der Waals surface area contributed by atoms with Crippen molar-refractivity contribution in [2.24, 2.45) is 5.41 Å². The Labute approximate surface area is 116 Å². The molecule has 2 heterocycles. The number of aliphatic hydroxyl groups is 1. The van der Waals surface area contributed by atoms with E-state index in [2.05, 4.69) is 0 Å². The summed E-state index contributed by atoms with van der Waals surface area (Å²) < 4.78 is 26.9. The highest BCUT2D eigenvalue weighted by Crippen LogP contribution is 2.34. The van der Waals surface area contributed by atoms with E-state index in [1.165, 1.54) is 10.4 Å². The molecule has 1 aliphatic heterocycles. The first kappa shape index (κ1) is 14.3. The standard InChI is InChI=1S/C11H16ClNO3S2/c1-11(2)7-13(6-5-8(11)14)18(15,16)10-4-3-9(12)17-10/h3-4,8,14H,5-7H2,1-2H3. The van der Waals surface area contributed by atoms with E-state index in [9.17, 15) is 13.5 Å². The first-order chi connectivity index (χ1) is 8.23. The molecule has 0 aromatic carbocycles. The Balaban J connectivity index is 2.27. The van der Waals surface area contributed by atoms with Gasteiger partial charge in [0, 0.05) is 18.5 Å². The number of halogens is 1. The molecule has 1 saturated heterocycles. The molecule has 18 heavy (non-hydrogen) atoms. The SMILES string of the molecule is CC1(C)CN(S(=O)(=O)c2ccc(Cl)s2)CCC1O. The van der Waals surface area contributed by atoms with Crippen molar-refractivity contribution in [3.05, 3.63) is 16.5 Å². The van der Waals surface area contributed by atoms with E-state index < -0.39 is 21.5 Å². The maximum Gasteiger partial charge on any atom is 0.252 e. The number of rotatable bonds is 2. The predicted molar refractivity (Wildman–Crippen MR) is 72.5 cm³/mol. The minimum atomic E-state index is -3.48. The van der Waals surface area contributed by atoms with Gasteiger partial charge >= 0.3 is 0 Å². The van der Waals surface area contributed by atoms with Crippen molar-refractivity contribution < 1.29 is 13.5 Å². The average Bonchev–Trinajstić information content (AvgIpc) is 2.69. The number of hydrogen-bond acceptors (Lipinski definition) is 4. The van der Waals surface area contributed by atoms with Gasteiger partial charge in [-0.1, -0.05) is 25.4 Å². The van der Waals surface area contributed by atoms with E-state index >= 15 is 0 Å². The van der Waals surface area contributed by atoms with Gasteiger partial charge in [-0.25, -0.2) is 8.42 Å². The normalized spacial score (nSPS) is 25.2. The molecule has 1 fully saturated rings. The molecule has 0 saturated carbocycles. The summed E-state index contributed by atoms with van der Waals surface area (Å²) in [6, 6.07) is 3.11. The van der Waals surface area contributed by atoms with Crippen LogP contribution in [0.3, 0.4) is 0 Å². The Morgan fingerprint density at radius 3 is 2.67 bits per heavy atom. The maximum atomic E-state index is 12.4. The summed E-state index contributed by atoms with van der Waals surface area (Å²) in [5.74, 6) is 0. The molecule has 2 rings (SSSR count). The number of thiophene rings is 1. The van der Waals surface area contributed by atoms with Gasteiger partial charge in [-0.05, 0) is 18.6 Å². The van der Waals surface area contributed by atoms with Crippen LogP contribution >= 0.6 is 22.9 Å². The molecule has 4 nitrogen and oxygen atoms in total. The zero-order valence-corrected chi connectivity index (χ0v) is 12.6.